The van der Waals surface area contributed by atoms with Crippen LogP contribution in [0.2, 0.25) is 0 Å². The van der Waals surface area contributed by atoms with Crippen LogP contribution < -0.4 is 0 Å². The van der Waals surface area contributed by atoms with Gasteiger partial charge in [-0.3, -0.25) is 0 Å². The number of rotatable bonds is 2. The van der Waals surface area contributed by atoms with E-state index in [1.165, 1.54) is 13.0 Å². The molecule has 0 fully saturated rings. The van der Waals surface area contributed by atoms with Gasteiger partial charge in [0.2, 0.25) is 0 Å². The zero-order valence-electron chi connectivity index (χ0n) is 7.20. The van der Waals surface area contributed by atoms with Crippen molar-refractivity contribution < 1.29 is 13.2 Å². The molecule has 0 aliphatic rings. The second-order valence-electron chi connectivity index (χ2n) is 2.57. The third-order valence-corrected chi connectivity index (χ3v) is 1.62. The highest BCUT2D eigenvalue weighted by Crippen LogP contribution is 2.35. The van der Waals surface area contributed by atoms with Crippen molar-refractivity contribution in [3.8, 4) is 0 Å². The molecular formula is C8H11F3S. The van der Waals surface area contributed by atoms with Crippen LogP contribution in [0.3, 0.4) is 0 Å². The largest absolute Gasteiger partial charge is 0.446 e. The van der Waals surface area contributed by atoms with Gasteiger partial charge in [-0.1, -0.05) is 17.7 Å². The number of halogens is 3. The molecule has 0 aromatic rings. The first-order valence-electron chi connectivity index (χ1n) is 3.39. The van der Waals surface area contributed by atoms with Crippen LogP contribution in [0.4, 0.5) is 13.2 Å². The number of alkyl halides is 3. The highest BCUT2D eigenvalue weighted by atomic mass is 32.2. The fourth-order valence-electron chi connectivity index (χ4n) is 0.501. The van der Waals surface area contributed by atoms with E-state index < -0.39 is 5.51 Å². The summed E-state index contributed by atoms with van der Waals surface area (Å²) < 4.78 is 35.2. The fourth-order valence-corrected chi connectivity index (χ4v) is 1.00. The van der Waals surface area contributed by atoms with E-state index in [0.717, 1.165) is 5.57 Å². The number of allylic oxidation sites excluding steroid dienone is 4. The first-order chi connectivity index (χ1) is 5.31. The maximum Gasteiger partial charge on any atom is 0.446 e. The molecule has 0 saturated carbocycles. The molecule has 0 aromatic carbocycles. The molecule has 70 valence electrons. The lowest BCUT2D eigenvalue weighted by atomic mass is 10.3. The summed E-state index contributed by atoms with van der Waals surface area (Å²) in [5, 5.41) is 0. The van der Waals surface area contributed by atoms with Gasteiger partial charge in [-0.2, -0.15) is 13.2 Å². The predicted octanol–water partition coefficient (Wildman–Crippen LogP) is 4.11. The zero-order chi connectivity index (χ0) is 9.78. The van der Waals surface area contributed by atoms with Crippen LogP contribution in [0, 0.1) is 0 Å². The molecule has 0 nitrogen and oxygen atoms in total. The second-order valence-corrected chi connectivity index (χ2v) is 3.88. The molecule has 0 heterocycles. The summed E-state index contributed by atoms with van der Waals surface area (Å²) in [4.78, 5) is 0.253. The molecule has 0 saturated heterocycles. The highest BCUT2D eigenvalue weighted by molar-refractivity contribution is 8.03. The van der Waals surface area contributed by atoms with Gasteiger partial charge in [-0.05, 0) is 37.4 Å². The van der Waals surface area contributed by atoms with Gasteiger partial charge in [-0.25, -0.2) is 0 Å². The summed E-state index contributed by atoms with van der Waals surface area (Å²) in [5.41, 5.74) is -3.19. The van der Waals surface area contributed by atoms with Gasteiger partial charge >= 0.3 is 5.51 Å². The van der Waals surface area contributed by atoms with Gasteiger partial charge in [0.25, 0.3) is 0 Å². The molecule has 0 N–H and O–H groups in total. The molecule has 0 aliphatic heterocycles. The van der Waals surface area contributed by atoms with E-state index in [-0.39, 0.29) is 16.7 Å². The van der Waals surface area contributed by atoms with Crippen LogP contribution in [0.5, 0.6) is 0 Å². The Kier molecular flexibility index (Phi) is 4.45. The van der Waals surface area contributed by atoms with E-state index in [9.17, 15) is 13.2 Å². The highest BCUT2D eigenvalue weighted by Gasteiger charge is 2.28. The first kappa shape index (κ1) is 11.6. The standard InChI is InChI=1S/C8H11F3S/c1-6(2)4-5-7(3)12-8(9,10)11/h4-5H,1-3H3/b7-5+. The molecule has 0 atom stereocenters. The van der Waals surface area contributed by atoms with Crippen LogP contribution in [-0.4, -0.2) is 5.51 Å². The Morgan fingerprint density at radius 3 is 1.92 bits per heavy atom. The number of hydrogen-bond donors (Lipinski definition) is 0. The lowest BCUT2D eigenvalue weighted by Crippen LogP contribution is -1.98. The third-order valence-electron chi connectivity index (χ3n) is 0.928. The van der Waals surface area contributed by atoms with Gasteiger partial charge in [0, 0.05) is 0 Å². The minimum Gasteiger partial charge on any atom is -0.160 e. The van der Waals surface area contributed by atoms with Gasteiger partial charge in [0.1, 0.15) is 0 Å². The Balaban J connectivity index is 4.13. The van der Waals surface area contributed by atoms with Crippen LogP contribution in [0.25, 0.3) is 0 Å². The minimum atomic E-state index is -4.17. The number of hydrogen-bond acceptors (Lipinski definition) is 1. The van der Waals surface area contributed by atoms with E-state index in [2.05, 4.69) is 0 Å². The summed E-state index contributed by atoms with van der Waals surface area (Å²) in [6.07, 6.45) is 3.13. The quantitative estimate of drug-likeness (QED) is 0.599. The summed E-state index contributed by atoms with van der Waals surface area (Å²) in [6, 6.07) is 0. The fraction of sp³-hybridized carbons (Fsp3) is 0.500. The van der Waals surface area contributed by atoms with Crippen molar-refractivity contribution in [3.63, 3.8) is 0 Å². The van der Waals surface area contributed by atoms with Gasteiger partial charge < -0.3 is 0 Å². The van der Waals surface area contributed by atoms with E-state index in [0.29, 0.717) is 0 Å². The second kappa shape index (κ2) is 4.60. The van der Waals surface area contributed by atoms with Gasteiger partial charge in [0.15, 0.2) is 0 Å². The van der Waals surface area contributed by atoms with Crippen molar-refractivity contribution in [1.29, 1.82) is 0 Å². The molecule has 0 radical (unpaired) electrons. The van der Waals surface area contributed by atoms with Crippen LogP contribution in [0.15, 0.2) is 22.6 Å². The molecule has 12 heavy (non-hydrogen) atoms. The Hall–Kier alpha value is -0.380. The SMILES string of the molecule is CC(C)=C/C=C(\C)SC(F)(F)F. The van der Waals surface area contributed by atoms with Crippen molar-refractivity contribution in [3.05, 3.63) is 22.6 Å². The van der Waals surface area contributed by atoms with Crippen molar-refractivity contribution >= 4 is 11.8 Å². The van der Waals surface area contributed by atoms with E-state index in [1.807, 2.05) is 13.8 Å². The number of thioether (sulfide) groups is 1. The first-order valence-corrected chi connectivity index (χ1v) is 4.20. The lowest BCUT2D eigenvalue weighted by molar-refractivity contribution is -0.0322. The average molecular weight is 196 g/mol. The Morgan fingerprint density at radius 2 is 1.58 bits per heavy atom. The lowest BCUT2D eigenvalue weighted by Gasteiger charge is -2.03. The Bertz CT molecular complexity index is 197. The topological polar surface area (TPSA) is 0 Å². The molecule has 0 rings (SSSR count). The molecule has 0 aromatic heterocycles. The van der Waals surface area contributed by atoms with Gasteiger partial charge in [-0.15, -0.1) is 0 Å². The molecule has 0 bridgehead atoms. The minimum absolute atomic E-state index is 0.0848. The maximum atomic E-state index is 11.7. The third kappa shape index (κ3) is 7.72. The van der Waals surface area contributed by atoms with E-state index >= 15 is 0 Å². The molecule has 0 spiro atoms. The van der Waals surface area contributed by atoms with Crippen molar-refractivity contribution in [2.24, 2.45) is 0 Å². The summed E-state index contributed by atoms with van der Waals surface area (Å²) >= 11 is -0.0848. The van der Waals surface area contributed by atoms with Crippen molar-refractivity contribution in [2.45, 2.75) is 26.3 Å². The van der Waals surface area contributed by atoms with Crippen molar-refractivity contribution in [2.75, 3.05) is 0 Å². The predicted molar refractivity (Wildman–Crippen MR) is 46.8 cm³/mol. The van der Waals surface area contributed by atoms with Crippen LogP contribution in [-0.2, 0) is 0 Å². The molecule has 0 amide bonds. The summed E-state index contributed by atoms with van der Waals surface area (Å²) in [6.45, 7) is 5.11. The Labute approximate surface area is 74.5 Å². The smallest absolute Gasteiger partial charge is 0.160 e. The van der Waals surface area contributed by atoms with E-state index in [1.54, 1.807) is 6.08 Å². The monoisotopic (exact) mass is 196 g/mol. The molecule has 0 aliphatic carbocycles. The van der Waals surface area contributed by atoms with Crippen LogP contribution in [0.1, 0.15) is 20.8 Å². The van der Waals surface area contributed by atoms with Crippen LogP contribution >= 0.6 is 11.8 Å². The zero-order valence-corrected chi connectivity index (χ0v) is 8.01. The van der Waals surface area contributed by atoms with E-state index in [4.69, 9.17) is 0 Å². The molecule has 0 unspecified atom stereocenters. The van der Waals surface area contributed by atoms with Gasteiger partial charge in [0.05, 0.1) is 0 Å². The summed E-state index contributed by atoms with van der Waals surface area (Å²) in [7, 11) is 0. The van der Waals surface area contributed by atoms with Crippen molar-refractivity contribution in [1.82, 2.24) is 0 Å². The molecular weight excluding hydrogens is 185 g/mol. The molecule has 4 heteroatoms. The summed E-state index contributed by atoms with van der Waals surface area (Å²) in [5.74, 6) is 0. The maximum absolute atomic E-state index is 11.7. The average Bonchev–Trinajstić information content (AvgIpc) is 1.79. The Morgan fingerprint density at radius 1 is 1.08 bits per heavy atom. The normalized spacial score (nSPS) is 13.0.